The fourth-order valence-corrected chi connectivity index (χ4v) is 2.36. The van der Waals surface area contributed by atoms with Crippen LogP contribution in [0.1, 0.15) is 38.3 Å². The summed E-state index contributed by atoms with van der Waals surface area (Å²) in [5, 5.41) is 2.97. The lowest BCUT2D eigenvalue weighted by atomic mass is 10.0. The summed E-state index contributed by atoms with van der Waals surface area (Å²) in [6, 6.07) is 9.75. The van der Waals surface area contributed by atoms with E-state index in [1.807, 2.05) is 30.3 Å². The number of amides is 1. The van der Waals surface area contributed by atoms with E-state index in [2.05, 4.69) is 19.2 Å². The molecule has 0 aromatic heterocycles. The van der Waals surface area contributed by atoms with Crippen LogP contribution in [0.2, 0.25) is 0 Å². The molecule has 1 saturated carbocycles. The number of carbonyl (C=O) groups is 1. The van der Waals surface area contributed by atoms with Crippen LogP contribution in [0.15, 0.2) is 30.3 Å². The van der Waals surface area contributed by atoms with Crippen molar-refractivity contribution in [1.82, 2.24) is 5.32 Å². The maximum absolute atomic E-state index is 11.9. The molecule has 1 aromatic rings. The lowest BCUT2D eigenvalue weighted by Gasteiger charge is -2.14. The van der Waals surface area contributed by atoms with E-state index < -0.39 is 0 Å². The van der Waals surface area contributed by atoms with E-state index in [1.165, 1.54) is 0 Å². The van der Waals surface area contributed by atoms with Gasteiger partial charge in [-0.05, 0) is 23.8 Å². The summed E-state index contributed by atoms with van der Waals surface area (Å²) in [6.45, 7) is 4.83. The summed E-state index contributed by atoms with van der Waals surface area (Å²) >= 11 is 0. The molecule has 3 unspecified atom stereocenters. The van der Waals surface area contributed by atoms with Crippen LogP contribution in [0.5, 0.6) is 0 Å². The van der Waals surface area contributed by atoms with Gasteiger partial charge in [0.25, 0.3) is 0 Å². The summed E-state index contributed by atoms with van der Waals surface area (Å²) in [6.07, 6.45) is 2.08. The van der Waals surface area contributed by atoms with Gasteiger partial charge in [0.15, 0.2) is 0 Å². The van der Waals surface area contributed by atoms with E-state index >= 15 is 0 Å². The van der Waals surface area contributed by atoms with Crippen LogP contribution >= 0.6 is 12.4 Å². The fourth-order valence-electron chi connectivity index (χ4n) is 2.36. The summed E-state index contributed by atoms with van der Waals surface area (Å²) in [5.41, 5.74) is 7.33. The second-order valence-electron chi connectivity index (χ2n) is 5.53. The topological polar surface area (TPSA) is 55.1 Å². The maximum Gasteiger partial charge on any atom is 0.223 e. The number of carbonyl (C=O) groups excluding carboxylic acids is 1. The van der Waals surface area contributed by atoms with Gasteiger partial charge in [-0.25, -0.2) is 0 Å². The Bertz CT molecular complexity index is 423. The predicted octanol–water partition coefficient (Wildman–Crippen LogP) is 2.66. The first-order chi connectivity index (χ1) is 8.57. The molecule has 19 heavy (non-hydrogen) atoms. The molecule has 106 valence electrons. The first-order valence-corrected chi connectivity index (χ1v) is 6.65. The number of hydrogen-bond donors (Lipinski definition) is 2. The van der Waals surface area contributed by atoms with Gasteiger partial charge in [0.05, 0.1) is 0 Å². The molecular weight excluding hydrogens is 260 g/mol. The Labute approximate surface area is 121 Å². The molecule has 3 N–H and O–H groups in total. The summed E-state index contributed by atoms with van der Waals surface area (Å²) in [4.78, 5) is 11.9. The van der Waals surface area contributed by atoms with Gasteiger partial charge < -0.3 is 11.1 Å². The molecule has 4 heteroatoms. The van der Waals surface area contributed by atoms with Crippen LogP contribution in [-0.2, 0) is 4.79 Å². The largest absolute Gasteiger partial charge is 0.354 e. The van der Waals surface area contributed by atoms with Gasteiger partial charge in [0, 0.05) is 18.5 Å². The average molecular weight is 283 g/mol. The molecule has 1 aliphatic carbocycles. The van der Waals surface area contributed by atoms with E-state index in [1.54, 1.807) is 0 Å². The van der Waals surface area contributed by atoms with E-state index in [4.69, 9.17) is 5.73 Å². The van der Waals surface area contributed by atoms with Crippen LogP contribution < -0.4 is 11.1 Å². The first-order valence-electron chi connectivity index (χ1n) is 6.65. The van der Waals surface area contributed by atoms with E-state index in [-0.39, 0.29) is 35.7 Å². The molecular formula is C15H23ClN2O. The van der Waals surface area contributed by atoms with Crippen molar-refractivity contribution in [2.45, 2.75) is 32.7 Å². The molecule has 0 heterocycles. The highest BCUT2D eigenvalue weighted by atomic mass is 35.5. The lowest BCUT2D eigenvalue weighted by Crippen LogP contribution is -2.33. The molecule has 0 saturated heterocycles. The minimum Gasteiger partial charge on any atom is -0.354 e. The van der Waals surface area contributed by atoms with Gasteiger partial charge in [-0.15, -0.1) is 12.4 Å². The molecule has 2 rings (SSSR count). The third kappa shape index (κ3) is 3.71. The number of halogens is 1. The Morgan fingerprint density at radius 1 is 1.47 bits per heavy atom. The molecule has 3 nitrogen and oxygen atoms in total. The van der Waals surface area contributed by atoms with Crippen molar-refractivity contribution in [3.8, 4) is 0 Å². The van der Waals surface area contributed by atoms with E-state index in [0.717, 1.165) is 18.4 Å². The van der Waals surface area contributed by atoms with Crippen molar-refractivity contribution in [3.05, 3.63) is 35.9 Å². The van der Waals surface area contributed by atoms with Gasteiger partial charge in [0.2, 0.25) is 5.91 Å². The zero-order valence-electron chi connectivity index (χ0n) is 11.6. The van der Waals surface area contributed by atoms with Crippen molar-refractivity contribution in [2.75, 3.05) is 6.54 Å². The number of nitrogens with two attached hydrogens (primary N) is 1. The van der Waals surface area contributed by atoms with Crippen LogP contribution in [0.4, 0.5) is 0 Å². The minimum atomic E-state index is -0.123. The van der Waals surface area contributed by atoms with Crippen LogP contribution in [0, 0.1) is 11.3 Å². The standard InChI is InChI=1S/C15H22N2O.ClH/c1-3-15(2)9-12(15)14(18)17-10-13(16)11-7-5-4-6-8-11;/h4-8,12-13H,3,9-10,16H2,1-2H3,(H,17,18);1H. The van der Waals surface area contributed by atoms with Crippen LogP contribution in [-0.4, -0.2) is 12.5 Å². The van der Waals surface area contributed by atoms with Crippen LogP contribution in [0.25, 0.3) is 0 Å². The highest BCUT2D eigenvalue weighted by molar-refractivity contribution is 5.85. The SMILES string of the molecule is CCC1(C)CC1C(=O)NCC(N)c1ccccc1.Cl. The number of hydrogen-bond acceptors (Lipinski definition) is 2. The molecule has 0 radical (unpaired) electrons. The van der Waals surface area contributed by atoms with Gasteiger partial charge in [-0.2, -0.15) is 0 Å². The van der Waals surface area contributed by atoms with E-state index in [0.29, 0.717) is 6.54 Å². The van der Waals surface area contributed by atoms with Crippen molar-refractivity contribution in [2.24, 2.45) is 17.1 Å². The van der Waals surface area contributed by atoms with Crippen molar-refractivity contribution < 1.29 is 4.79 Å². The Balaban J connectivity index is 0.00000180. The number of benzene rings is 1. The molecule has 3 atom stereocenters. The second-order valence-corrected chi connectivity index (χ2v) is 5.53. The molecule has 0 spiro atoms. The molecule has 1 fully saturated rings. The third-order valence-electron chi connectivity index (χ3n) is 4.20. The predicted molar refractivity (Wildman–Crippen MR) is 80.1 cm³/mol. The Morgan fingerprint density at radius 3 is 2.63 bits per heavy atom. The number of rotatable bonds is 5. The Kier molecular flexibility index (Phi) is 5.39. The quantitative estimate of drug-likeness (QED) is 0.872. The lowest BCUT2D eigenvalue weighted by molar-refractivity contribution is -0.123. The van der Waals surface area contributed by atoms with Crippen molar-refractivity contribution >= 4 is 18.3 Å². The summed E-state index contributed by atoms with van der Waals surface area (Å²) < 4.78 is 0. The summed E-state index contributed by atoms with van der Waals surface area (Å²) in [5.74, 6) is 0.344. The Morgan fingerprint density at radius 2 is 2.11 bits per heavy atom. The van der Waals surface area contributed by atoms with Gasteiger partial charge in [-0.1, -0.05) is 44.2 Å². The monoisotopic (exact) mass is 282 g/mol. The molecule has 1 aliphatic rings. The van der Waals surface area contributed by atoms with Gasteiger partial charge in [0.1, 0.15) is 0 Å². The molecule has 0 bridgehead atoms. The molecule has 1 aromatic carbocycles. The molecule has 1 amide bonds. The zero-order chi connectivity index (χ0) is 13.2. The third-order valence-corrected chi connectivity index (χ3v) is 4.20. The minimum absolute atomic E-state index is 0. The zero-order valence-corrected chi connectivity index (χ0v) is 12.4. The Hall–Kier alpha value is -1.06. The summed E-state index contributed by atoms with van der Waals surface area (Å²) in [7, 11) is 0. The second kappa shape index (κ2) is 6.40. The van der Waals surface area contributed by atoms with Crippen molar-refractivity contribution in [1.29, 1.82) is 0 Å². The normalized spacial score (nSPS) is 26.2. The first kappa shape index (κ1) is 16.0. The molecule has 0 aliphatic heterocycles. The maximum atomic E-state index is 11.9. The van der Waals surface area contributed by atoms with Crippen LogP contribution in [0.3, 0.4) is 0 Å². The van der Waals surface area contributed by atoms with Gasteiger partial charge in [-0.3, -0.25) is 4.79 Å². The highest BCUT2D eigenvalue weighted by Gasteiger charge is 2.52. The van der Waals surface area contributed by atoms with Gasteiger partial charge >= 0.3 is 0 Å². The van der Waals surface area contributed by atoms with Crippen molar-refractivity contribution in [3.63, 3.8) is 0 Å². The highest BCUT2D eigenvalue weighted by Crippen LogP contribution is 2.54. The van der Waals surface area contributed by atoms with E-state index in [9.17, 15) is 4.79 Å². The number of nitrogens with one attached hydrogen (secondary N) is 1. The smallest absolute Gasteiger partial charge is 0.223 e. The fraction of sp³-hybridized carbons (Fsp3) is 0.533. The average Bonchev–Trinajstić information content (AvgIpc) is 3.10.